The second-order valence-electron chi connectivity index (χ2n) is 5.85. The Balaban J connectivity index is 1.83. The van der Waals surface area contributed by atoms with E-state index >= 15 is 0 Å². The molecule has 2 nitrogen and oxygen atoms in total. The van der Waals surface area contributed by atoms with Crippen LogP contribution in [0.3, 0.4) is 0 Å². The molecule has 3 aromatic rings. The molecule has 0 radical (unpaired) electrons. The van der Waals surface area contributed by atoms with Gasteiger partial charge < -0.3 is 5.11 Å². The van der Waals surface area contributed by atoms with Crippen LogP contribution in [0.15, 0.2) is 66.9 Å². The third-order valence-corrected chi connectivity index (χ3v) is 4.62. The lowest BCUT2D eigenvalue weighted by Gasteiger charge is -2.24. The summed E-state index contributed by atoms with van der Waals surface area (Å²) in [6.45, 7) is 0. The number of hydrogen-bond acceptors (Lipinski definition) is 2. The van der Waals surface area contributed by atoms with Gasteiger partial charge in [0, 0.05) is 22.6 Å². The first-order chi connectivity index (χ1) is 10.3. The van der Waals surface area contributed by atoms with Crippen LogP contribution in [0.25, 0.3) is 10.9 Å². The number of aliphatic hydroxyl groups excluding tert-OH is 1. The van der Waals surface area contributed by atoms with Crippen molar-refractivity contribution in [3.8, 4) is 0 Å². The number of hydrogen-bond donors (Lipinski definition) is 1. The van der Waals surface area contributed by atoms with Gasteiger partial charge in [-0.3, -0.25) is 4.98 Å². The molecule has 4 rings (SSSR count). The molecule has 1 atom stereocenters. The molecule has 1 unspecified atom stereocenters. The third-order valence-electron chi connectivity index (χ3n) is 4.62. The lowest BCUT2D eigenvalue weighted by molar-refractivity contribution is 0.134. The van der Waals surface area contributed by atoms with Crippen LogP contribution in [0.1, 0.15) is 30.1 Å². The van der Waals surface area contributed by atoms with Gasteiger partial charge in [0.2, 0.25) is 0 Å². The smallest absolute Gasteiger partial charge is 0.0907 e. The van der Waals surface area contributed by atoms with E-state index in [1.54, 1.807) is 6.20 Å². The summed E-state index contributed by atoms with van der Waals surface area (Å²) in [5, 5.41) is 12.1. The summed E-state index contributed by atoms with van der Waals surface area (Å²) in [4.78, 5) is 4.48. The van der Waals surface area contributed by atoms with Gasteiger partial charge in [-0.25, -0.2) is 0 Å². The molecule has 0 saturated heterocycles. The standard InChI is InChI=1S/C19H17NO/c21-18(19(11-12-19)15-8-2-1-3-9-15)16-10-4-6-14-7-5-13-20-17(14)16/h1-10,13,18,21H,11-12H2. The average molecular weight is 275 g/mol. The molecular weight excluding hydrogens is 258 g/mol. The fourth-order valence-corrected chi connectivity index (χ4v) is 3.27. The zero-order valence-corrected chi connectivity index (χ0v) is 11.7. The summed E-state index contributed by atoms with van der Waals surface area (Å²) >= 11 is 0. The molecule has 2 aromatic carbocycles. The van der Waals surface area contributed by atoms with E-state index in [2.05, 4.69) is 17.1 Å². The van der Waals surface area contributed by atoms with Crippen molar-refractivity contribution in [2.75, 3.05) is 0 Å². The van der Waals surface area contributed by atoms with Crippen LogP contribution in [0.5, 0.6) is 0 Å². The van der Waals surface area contributed by atoms with Crippen LogP contribution in [-0.4, -0.2) is 10.1 Å². The van der Waals surface area contributed by atoms with Crippen molar-refractivity contribution < 1.29 is 5.11 Å². The maximum absolute atomic E-state index is 11.0. The predicted molar refractivity (Wildman–Crippen MR) is 84.1 cm³/mol. The van der Waals surface area contributed by atoms with Crippen LogP contribution < -0.4 is 0 Å². The van der Waals surface area contributed by atoms with Gasteiger partial charge >= 0.3 is 0 Å². The number of nitrogens with zero attached hydrogens (tertiary/aromatic N) is 1. The average Bonchev–Trinajstić information content (AvgIpc) is 3.36. The Labute approximate surface area is 124 Å². The Morgan fingerprint density at radius 1 is 0.905 bits per heavy atom. The summed E-state index contributed by atoms with van der Waals surface area (Å²) in [6.07, 6.45) is 3.35. The SMILES string of the molecule is OC(c1cccc2cccnc12)C1(c2ccccc2)CC1. The first-order valence-electron chi connectivity index (χ1n) is 7.38. The molecule has 2 heteroatoms. The Bertz CT molecular complexity index is 772. The van der Waals surface area contributed by atoms with E-state index < -0.39 is 6.10 Å². The Kier molecular flexibility index (Phi) is 2.79. The van der Waals surface area contributed by atoms with E-state index in [4.69, 9.17) is 0 Å². The fraction of sp³-hybridized carbons (Fsp3) is 0.211. The van der Waals surface area contributed by atoms with Crippen molar-refractivity contribution in [2.45, 2.75) is 24.4 Å². The third kappa shape index (κ3) is 1.95. The van der Waals surface area contributed by atoms with Crippen molar-refractivity contribution >= 4 is 10.9 Å². The number of aromatic nitrogens is 1. The molecule has 1 fully saturated rings. The largest absolute Gasteiger partial charge is 0.387 e. The van der Waals surface area contributed by atoms with E-state index in [0.29, 0.717) is 0 Å². The number of pyridine rings is 1. The molecule has 21 heavy (non-hydrogen) atoms. The lowest BCUT2D eigenvalue weighted by atomic mass is 9.85. The van der Waals surface area contributed by atoms with Gasteiger partial charge in [-0.1, -0.05) is 54.6 Å². The highest BCUT2D eigenvalue weighted by Gasteiger charge is 2.51. The van der Waals surface area contributed by atoms with E-state index in [9.17, 15) is 5.11 Å². The molecule has 104 valence electrons. The quantitative estimate of drug-likeness (QED) is 0.783. The van der Waals surface area contributed by atoms with Crippen molar-refractivity contribution in [1.29, 1.82) is 0 Å². The van der Waals surface area contributed by atoms with Gasteiger partial charge in [0.15, 0.2) is 0 Å². The fourth-order valence-electron chi connectivity index (χ4n) is 3.27. The topological polar surface area (TPSA) is 33.1 Å². The van der Waals surface area contributed by atoms with Gasteiger partial charge in [0.25, 0.3) is 0 Å². The molecule has 0 aliphatic heterocycles. The molecule has 0 bridgehead atoms. The maximum Gasteiger partial charge on any atom is 0.0907 e. The van der Waals surface area contributed by atoms with Gasteiger partial charge in [0.1, 0.15) is 0 Å². The van der Waals surface area contributed by atoms with Gasteiger partial charge in [-0.2, -0.15) is 0 Å². The summed E-state index contributed by atoms with van der Waals surface area (Å²) in [6, 6.07) is 20.4. The number of rotatable bonds is 3. The van der Waals surface area contributed by atoms with E-state index in [-0.39, 0.29) is 5.41 Å². The molecule has 1 aromatic heterocycles. The van der Waals surface area contributed by atoms with Crippen LogP contribution in [0, 0.1) is 0 Å². The van der Waals surface area contributed by atoms with Gasteiger partial charge in [-0.05, 0) is 24.5 Å². The Hall–Kier alpha value is -2.19. The van der Waals surface area contributed by atoms with E-state index in [1.807, 2.05) is 48.5 Å². The number of fused-ring (bicyclic) bond motifs is 1. The zero-order valence-electron chi connectivity index (χ0n) is 11.7. The number of aliphatic hydroxyl groups is 1. The van der Waals surface area contributed by atoms with Crippen LogP contribution in [-0.2, 0) is 5.41 Å². The Morgan fingerprint density at radius 3 is 2.43 bits per heavy atom. The summed E-state index contributed by atoms with van der Waals surface area (Å²) in [5.41, 5.74) is 2.95. The minimum Gasteiger partial charge on any atom is -0.387 e. The second kappa shape index (κ2) is 4.68. The lowest BCUT2D eigenvalue weighted by Crippen LogP contribution is -2.18. The molecule has 1 N–H and O–H groups in total. The molecule has 1 saturated carbocycles. The first-order valence-corrected chi connectivity index (χ1v) is 7.38. The zero-order chi connectivity index (χ0) is 14.3. The first kappa shape index (κ1) is 12.5. The molecule has 1 aliphatic carbocycles. The monoisotopic (exact) mass is 275 g/mol. The molecule has 1 heterocycles. The number of para-hydroxylation sites is 1. The highest BCUT2D eigenvalue weighted by atomic mass is 16.3. The van der Waals surface area contributed by atoms with Crippen molar-refractivity contribution in [3.05, 3.63) is 78.0 Å². The van der Waals surface area contributed by atoms with Gasteiger partial charge in [0.05, 0.1) is 11.6 Å². The van der Waals surface area contributed by atoms with Crippen LogP contribution >= 0.6 is 0 Å². The van der Waals surface area contributed by atoms with Gasteiger partial charge in [-0.15, -0.1) is 0 Å². The molecule has 0 amide bonds. The van der Waals surface area contributed by atoms with E-state index in [1.165, 1.54) is 5.56 Å². The highest BCUT2D eigenvalue weighted by Crippen LogP contribution is 2.57. The molecule has 0 spiro atoms. The normalized spacial score (nSPS) is 17.6. The number of benzene rings is 2. The summed E-state index contributed by atoms with van der Waals surface area (Å²) in [5.74, 6) is 0. The summed E-state index contributed by atoms with van der Waals surface area (Å²) < 4.78 is 0. The highest BCUT2D eigenvalue weighted by molar-refractivity contribution is 5.82. The minimum absolute atomic E-state index is 0.132. The van der Waals surface area contributed by atoms with Crippen molar-refractivity contribution in [1.82, 2.24) is 4.98 Å². The minimum atomic E-state index is -0.501. The van der Waals surface area contributed by atoms with Crippen molar-refractivity contribution in [3.63, 3.8) is 0 Å². The van der Waals surface area contributed by atoms with Crippen LogP contribution in [0.4, 0.5) is 0 Å². The maximum atomic E-state index is 11.0. The Morgan fingerprint density at radius 2 is 1.67 bits per heavy atom. The summed E-state index contributed by atoms with van der Waals surface area (Å²) in [7, 11) is 0. The van der Waals surface area contributed by atoms with Crippen LogP contribution in [0.2, 0.25) is 0 Å². The second-order valence-corrected chi connectivity index (χ2v) is 5.85. The van der Waals surface area contributed by atoms with E-state index in [0.717, 1.165) is 29.3 Å². The molecular formula is C19H17NO. The van der Waals surface area contributed by atoms with Crippen molar-refractivity contribution in [2.24, 2.45) is 0 Å². The molecule has 1 aliphatic rings. The predicted octanol–water partition coefficient (Wildman–Crippen LogP) is 4.00.